The number of benzene rings is 1. The van der Waals surface area contributed by atoms with Crippen molar-refractivity contribution < 1.29 is 18.7 Å². The largest absolute Gasteiger partial charge is 0.387 e. The van der Waals surface area contributed by atoms with Gasteiger partial charge in [0.25, 0.3) is 0 Å². The van der Waals surface area contributed by atoms with Crippen LogP contribution in [-0.2, 0) is 4.79 Å². The van der Waals surface area contributed by atoms with E-state index in [-0.39, 0.29) is 24.1 Å². The molecule has 0 radical (unpaired) electrons. The van der Waals surface area contributed by atoms with Crippen LogP contribution in [0.3, 0.4) is 0 Å². The lowest BCUT2D eigenvalue weighted by Crippen LogP contribution is -2.45. The van der Waals surface area contributed by atoms with Gasteiger partial charge in [0.15, 0.2) is 11.6 Å². The van der Waals surface area contributed by atoms with Crippen molar-refractivity contribution in [1.29, 1.82) is 0 Å². The molecular formula is C14H20F2N2O2. The molecule has 2 atom stereocenters. The molecule has 0 saturated heterocycles. The maximum absolute atomic E-state index is 13.0. The summed E-state index contributed by atoms with van der Waals surface area (Å²) in [6.45, 7) is 5.43. The maximum Gasteiger partial charge on any atom is 0.237 e. The van der Waals surface area contributed by atoms with E-state index in [0.29, 0.717) is 0 Å². The summed E-state index contributed by atoms with van der Waals surface area (Å²) in [5.74, 6) is -2.15. The second-order valence-corrected chi connectivity index (χ2v) is 4.98. The Labute approximate surface area is 117 Å². The molecule has 3 N–H and O–H groups in total. The molecule has 20 heavy (non-hydrogen) atoms. The highest BCUT2D eigenvalue weighted by atomic mass is 19.2. The Balaban J connectivity index is 2.52. The van der Waals surface area contributed by atoms with Gasteiger partial charge in [-0.15, -0.1) is 0 Å². The van der Waals surface area contributed by atoms with Crippen molar-refractivity contribution in [2.45, 2.75) is 39.0 Å². The average molecular weight is 286 g/mol. The minimum atomic E-state index is -1.01. The van der Waals surface area contributed by atoms with Crippen LogP contribution in [0, 0.1) is 11.6 Å². The quantitative estimate of drug-likeness (QED) is 0.742. The van der Waals surface area contributed by atoms with Crippen LogP contribution in [0.5, 0.6) is 0 Å². The first-order chi connectivity index (χ1) is 9.31. The standard InChI is InChI=1S/C14H20F2N2O2/c1-8(2)18-14(20)9(3)17-7-13(19)10-4-5-11(15)12(16)6-10/h4-6,8-9,13,17,19H,7H2,1-3H3,(H,18,20). The number of aliphatic hydroxyl groups excluding tert-OH is 1. The minimum absolute atomic E-state index is 0.0304. The smallest absolute Gasteiger partial charge is 0.237 e. The molecule has 1 aromatic rings. The van der Waals surface area contributed by atoms with E-state index in [1.54, 1.807) is 6.92 Å². The predicted molar refractivity (Wildman–Crippen MR) is 72.1 cm³/mol. The van der Waals surface area contributed by atoms with Crippen LogP contribution in [0.1, 0.15) is 32.4 Å². The van der Waals surface area contributed by atoms with Crippen LogP contribution in [0.4, 0.5) is 8.78 Å². The molecular weight excluding hydrogens is 266 g/mol. The molecule has 1 rings (SSSR count). The number of aliphatic hydroxyl groups is 1. The lowest BCUT2D eigenvalue weighted by Gasteiger charge is -2.18. The van der Waals surface area contributed by atoms with Crippen molar-refractivity contribution in [3.63, 3.8) is 0 Å². The number of carbonyl (C=O) groups excluding carboxylic acids is 1. The van der Waals surface area contributed by atoms with Crippen molar-refractivity contribution in [2.75, 3.05) is 6.54 Å². The first-order valence-electron chi connectivity index (χ1n) is 6.48. The van der Waals surface area contributed by atoms with Crippen molar-refractivity contribution in [1.82, 2.24) is 10.6 Å². The van der Waals surface area contributed by atoms with Gasteiger partial charge in [0.1, 0.15) is 0 Å². The van der Waals surface area contributed by atoms with E-state index in [2.05, 4.69) is 10.6 Å². The molecule has 1 amide bonds. The highest BCUT2D eigenvalue weighted by Crippen LogP contribution is 2.15. The zero-order valence-corrected chi connectivity index (χ0v) is 11.8. The van der Waals surface area contributed by atoms with Crippen molar-refractivity contribution in [3.8, 4) is 0 Å². The molecule has 0 fully saturated rings. The second-order valence-electron chi connectivity index (χ2n) is 4.98. The predicted octanol–water partition coefficient (Wildman–Crippen LogP) is 1.50. The van der Waals surface area contributed by atoms with Crippen LogP contribution in [0.15, 0.2) is 18.2 Å². The number of carbonyl (C=O) groups is 1. The van der Waals surface area contributed by atoms with Crippen molar-refractivity contribution in [2.24, 2.45) is 0 Å². The Kier molecular flexibility index (Phi) is 6.04. The first kappa shape index (κ1) is 16.5. The third-order valence-electron chi connectivity index (χ3n) is 2.77. The van der Waals surface area contributed by atoms with Crippen LogP contribution in [-0.4, -0.2) is 29.6 Å². The zero-order valence-electron chi connectivity index (χ0n) is 11.8. The Morgan fingerprint density at radius 3 is 2.45 bits per heavy atom. The van der Waals surface area contributed by atoms with Crippen LogP contribution in [0.25, 0.3) is 0 Å². The summed E-state index contributed by atoms with van der Waals surface area (Å²) in [6, 6.07) is 2.76. The summed E-state index contributed by atoms with van der Waals surface area (Å²) >= 11 is 0. The van der Waals surface area contributed by atoms with Gasteiger partial charge in [0, 0.05) is 12.6 Å². The molecule has 2 unspecified atom stereocenters. The monoisotopic (exact) mass is 286 g/mol. The van der Waals surface area contributed by atoms with Crippen molar-refractivity contribution in [3.05, 3.63) is 35.4 Å². The van der Waals surface area contributed by atoms with Gasteiger partial charge in [0.05, 0.1) is 12.1 Å². The topological polar surface area (TPSA) is 61.4 Å². The third-order valence-corrected chi connectivity index (χ3v) is 2.77. The molecule has 1 aromatic carbocycles. The third kappa shape index (κ3) is 4.86. The summed E-state index contributed by atoms with van der Waals surface area (Å²) in [5.41, 5.74) is 0.257. The molecule has 0 aliphatic carbocycles. The molecule has 0 saturated carbocycles. The van der Waals surface area contributed by atoms with E-state index < -0.39 is 23.8 Å². The van der Waals surface area contributed by atoms with E-state index in [1.165, 1.54) is 6.07 Å². The second kappa shape index (κ2) is 7.31. The van der Waals surface area contributed by atoms with Gasteiger partial charge in [-0.1, -0.05) is 6.07 Å². The maximum atomic E-state index is 13.0. The summed E-state index contributed by atoms with van der Waals surface area (Å²) in [4.78, 5) is 11.6. The van der Waals surface area contributed by atoms with Crippen LogP contribution >= 0.6 is 0 Å². The molecule has 0 aliphatic rings. The van der Waals surface area contributed by atoms with Gasteiger partial charge in [-0.3, -0.25) is 4.79 Å². The van der Waals surface area contributed by atoms with E-state index in [0.717, 1.165) is 12.1 Å². The highest BCUT2D eigenvalue weighted by Gasteiger charge is 2.16. The van der Waals surface area contributed by atoms with Crippen LogP contribution < -0.4 is 10.6 Å². The normalized spacial score (nSPS) is 14.2. The number of rotatable bonds is 6. The highest BCUT2D eigenvalue weighted by molar-refractivity contribution is 5.81. The molecule has 0 aromatic heterocycles. The number of halogens is 2. The van der Waals surface area contributed by atoms with E-state index in [4.69, 9.17) is 0 Å². The van der Waals surface area contributed by atoms with E-state index >= 15 is 0 Å². The van der Waals surface area contributed by atoms with Gasteiger partial charge < -0.3 is 15.7 Å². The fourth-order valence-corrected chi connectivity index (χ4v) is 1.63. The summed E-state index contributed by atoms with van der Waals surface area (Å²) in [6.07, 6.45) is -1.01. The molecule has 0 heterocycles. The fourth-order valence-electron chi connectivity index (χ4n) is 1.63. The van der Waals surface area contributed by atoms with E-state index in [9.17, 15) is 18.7 Å². The van der Waals surface area contributed by atoms with Gasteiger partial charge in [-0.25, -0.2) is 8.78 Å². The molecule has 0 bridgehead atoms. The van der Waals surface area contributed by atoms with Gasteiger partial charge in [0.2, 0.25) is 5.91 Å². The van der Waals surface area contributed by atoms with Gasteiger partial charge in [-0.2, -0.15) is 0 Å². The van der Waals surface area contributed by atoms with Crippen LogP contribution in [0.2, 0.25) is 0 Å². The Bertz CT molecular complexity index is 466. The summed E-state index contributed by atoms with van der Waals surface area (Å²) < 4.78 is 25.8. The molecule has 0 aliphatic heterocycles. The number of hydrogen-bond donors (Lipinski definition) is 3. The number of hydrogen-bond acceptors (Lipinski definition) is 3. The number of amides is 1. The summed E-state index contributed by atoms with van der Waals surface area (Å²) in [7, 11) is 0. The van der Waals surface area contributed by atoms with Crippen molar-refractivity contribution >= 4 is 5.91 Å². The lowest BCUT2D eigenvalue weighted by molar-refractivity contribution is -0.123. The van der Waals surface area contributed by atoms with E-state index in [1.807, 2.05) is 13.8 Å². The summed E-state index contributed by atoms with van der Waals surface area (Å²) in [5, 5.41) is 15.4. The SMILES string of the molecule is CC(C)NC(=O)C(C)NCC(O)c1ccc(F)c(F)c1. The number of nitrogens with one attached hydrogen (secondary N) is 2. The first-order valence-corrected chi connectivity index (χ1v) is 6.48. The molecule has 4 nitrogen and oxygen atoms in total. The average Bonchev–Trinajstić information content (AvgIpc) is 2.37. The Morgan fingerprint density at radius 1 is 1.25 bits per heavy atom. The zero-order chi connectivity index (χ0) is 15.3. The Hall–Kier alpha value is -1.53. The lowest BCUT2D eigenvalue weighted by atomic mass is 10.1. The molecule has 112 valence electrons. The molecule has 0 spiro atoms. The molecule has 6 heteroatoms. The Morgan fingerprint density at radius 2 is 1.90 bits per heavy atom. The fraction of sp³-hybridized carbons (Fsp3) is 0.500. The van der Waals surface area contributed by atoms with Gasteiger partial charge >= 0.3 is 0 Å². The van der Waals surface area contributed by atoms with Gasteiger partial charge in [-0.05, 0) is 38.5 Å². The minimum Gasteiger partial charge on any atom is -0.387 e.